The summed E-state index contributed by atoms with van der Waals surface area (Å²) in [7, 11) is 3.20. The first kappa shape index (κ1) is 22.7. The fraction of sp³-hybridized carbons (Fsp3) is 0.375. The molecule has 7 heteroatoms. The van der Waals surface area contributed by atoms with E-state index in [0.29, 0.717) is 43.4 Å². The highest BCUT2D eigenvalue weighted by molar-refractivity contribution is 5.94. The predicted molar refractivity (Wildman–Crippen MR) is 119 cm³/mol. The summed E-state index contributed by atoms with van der Waals surface area (Å²) in [6, 6.07) is 13.2. The molecular formula is C24H30N2O5. The second-order valence-corrected chi connectivity index (χ2v) is 7.11. The summed E-state index contributed by atoms with van der Waals surface area (Å²) in [6.45, 7) is 7.48. The van der Waals surface area contributed by atoms with Gasteiger partial charge in [-0.1, -0.05) is 24.8 Å². The second-order valence-electron chi connectivity index (χ2n) is 7.11. The first-order valence-electron chi connectivity index (χ1n) is 10.3. The van der Waals surface area contributed by atoms with Crippen LogP contribution in [0, 0.1) is 0 Å². The summed E-state index contributed by atoms with van der Waals surface area (Å²) in [4.78, 5) is 15.2. The van der Waals surface area contributed by atoms with Gasteiger partial charge in [-0.25, -0.2) is 0 Å². The van der Waals surface area contributed by atoms with Gasteiger partial charge in [0, 0.05) is 25.2 Å². The third-order valence-electron chi connectivity index (χ3n) is 5.23. The van der Waals surface area contributed by atoms with E-state index in [4.69, 9.17) is 18.9 Å². The molecule has 1 aliphatic heterocycles. The fourth-order valence-electron chi connectivity index (χ4n) is 3.54. The van der Waals surface area contributed by atoms with Crippen molar-refractivity contribution in [1.29, 1.82) is 0 Å². The topological polar surface area (TPSA) is 69.3 Å². The van der Waals surface area contributed by atoms with Crippen LogP contribution < -0.4 is 19.5 Å². The molecule has 0 bridgehead atoms. The molecule has 1 amide bonds. The monoisotopic (exact) mass is 426 g/mol. The fourth-order valence-corrected chi connectivity index (χ4v) is 3.54. The maximum atomic E-state index is 12.9. The van der Waals surface area contributed by atoms with E-state index >= 15 is 0 Å². The van der Waals surface area contributed by atoms with Crippen LogP contribution in [0.25, 0.3) is 0 Å². The Morgan fingerprint density at radius 2 is 1.87 bits per heavy atom. The zero-order valence-corrected chi connectivity index (χ0v) is 18.1. The molecule has 1 heterocycles. The van der Waals surface area contributed by atoms with Gasteiger partial charge in [0.2, 0.25) is 0 Å². The molecule has 31 heavy (non-hydrogen) atoms. The van der Waals surface area contributed by atoms with Crippen LogP contribution in [0.5, 0.6) is 17.2 Å². The number of nitrogens with zero attached hydrogens (tertiary/aromatic N) is 1. The molecule has 1 unspecified atom stereocenters. The molecule has 1 fully saturated rings. The van der Waals surface area contributed by atoms with Crippen molar-refractivity contribution < 1.29 is 23.7 Å². The number of amides is 1. The summed E-state index contributed by atoms with van der Waals surface area (Å²) in [6.07, 6.45) is 1.66. The van der Waals surface area contributed by atoms with Crippen LogP contribution in [0.2, 0.25) is 0 Å². The third-order valence-corrected chi connectivity index (χ3v) is 5.23. The molecule has 1 saturated heterocycles. The minimum absolute atomic E-state index is 0.0378. The van der Waals surface area contributed by atoms with Gasteiger partial charge in [-0.3, -0.25) is 9.69 Å². The molecule has 1 atom stereocenters. The van der Waals surface area contributed by atoms with Crippen molar-refractivity contribution in [1.82, 2.24) is 10.2 Å². The van der Waals surface area contributed by atoms with E-state index in [2.05, 4.69) is 16.8 Å². The maximum Gasteiger partial charge on any atom is 0.251 e. The summed E-state index contributed by atoms with van der Waals surface area (Å²) in [5.41, 5.74) is 1.63. The largest absolute Gasteiger partial charge is 0.497 e. The van der Waals surface area contributed by atoms with Crippen molar-refractivity contribution in [2.45, 2.75) is 6.04 Å². The number of hydrogen-bond acceptors (Lipinski definition) is 6. The van der Waals surface area contributed by atoms with Crippen LogP contribution in [0.15, 0.2) is 55.1 Å². The molecule has 2 aromatic carbocycles. The van der Waals surface area contributed by atoms with Crippen molar-refractivity contribution in [3.63, 3.8) is 0 Å². The summed E-state index contributed by atoms with van der Waals surface area (Å²) < 4.78 is 21.7. The number of nitrogens with one attached hydrogen (secondary N) is 1. The van der Waals surface area contributed by atoms with Crippen LogP contribution in [0.3, 0.4) is 0 Å². The Bertz CT molecular complexity index is 863. The van der Waals surface area contributed by atoms with E-state index in [-0.39, 0.29) is 11.9 Å². The van der Waals surface area contributed by atoms with Crippen molar-refractivity contribution in [3.8, 4) is 17.2 Å². The van der Waals surface area contributed by atoms with Crippen LogP contribution >= 0.6 is 0 Å². The average Bonchev–Trinajstić information content (AvgIpc) is 2.83. The van der Waals surface area contributed by atoms with Gasteiger partial charge in [-0.2, -0.15) is 0 Å². The molecule has 0 saturated carbocycles. The standard InChI is InChI=1S/C24H30N2O5/c1-4-13-31-22-10-7-19(16-23(22)29-3)24(27)25-17-21(26-11-14-30-15-12-26)18-5-8-20(28-2)9-6-18/h4-10,16,21H,1,11-15,17H2,2-3H3,(H,25,27). The number of carbonyl (C=O) groups excluding carboxylic acids is 1. The summed E-state index contributed by atoms with van der Waals surface area (Å²) in [5, 5.41) is 3.07. The summed E-state index contributed by atoms with van der Waals surface area (Å²) in [5.74, 6) is 1.72. The molecule has 0 radical (unpaired) electrons. The number of carbonyl (C=O) groups is 1. The number of morpholine rings is 1. The highest BCUT2D eigenvalue weighted by Gasteiger charge is 2.23. The van der Waals surface area contributed by atoms with Gasteiger partial charge < -0.3 is 24.3 Å². The molecule has 1 aliphatic rings. The number of ether oxygens (including phenoxy) is 4. The molecular weight excluding hydrogens is 396 g/mol. The smallest absolute Gasteiger partial charge is 0.251 e. The maximum absolute atomic E-state index is 12.9. The third kappa shape index (κ3) is 5.99. The van der Waals surface area contributed by atoms with E-state index in [9.17, 15) is 4.79 Å². The van der Waals surface area contributed by atoms with Crippen molar-refractivity contribution in [2.75, 3.05) is 53.7 Å². The Labute approximate surface area is 183 Å². The lowest BCUT2D eigenvalue weighted by Crippen LogP contribution is -2.43. The number of rotatable bonds is 10. The van der Waals surface area contributed by atoms with E-state index in [1.807, 2.05) is 24.3 Å². The second kappa shape index (κ2) is 11.4. The van der Waals surface area contributed by atoms with Crippen molar-refractivity contribution in [2.24, 2.45) is 0 Å². The zero-order valence-electron chi connectivity index (χ0n) is 18.1. The minimum Gasteiger partial charge on any atom is -0.497 e. The average molecular weight is 427 g/mol. The first-order valence-corrected chi connectivity index (χ1v) is 10.3. The van der Waals surface area contributed by atoms with Gasteiger partial charge in [0.25, 0.3) is 5.91 Å². The van der Waals surface area contributed by atoms with E-state index in [0.717, 1.165) is 24.4 Å². The zero-order chi connectivity index (χ0) is 22.1. The van der Waals surface area contributed by atoms with Gasteiger partial charge in [-0.05, 0) is 35.9 Å². The van der Waals surface area contributed by atoms with Crippen LogP contribution in [-0.2, 0) is 4.74 Å². The Hall–Kier alpha value is -3.03. The van der Waals surface area contributed by atoms with Gasteiger partial charge >= 0.3 is 0 Å². The highest BCUT2D eigenvalue weighted by Crippen LogP contribution is 2.28. The SMILES string of the molecule is C=CCOc1ccc(C(=O)NCC(c2ccc(OC)cc2)N2CCOCC2)cc1OC. The molecule has 0 spiro atoms. The first-order chi connectivity index (χ1) is 15.2. The number of benzene rings is 2. The van der Waals surface area contributed by atoms with Crippen LogP contribution in [0.4, 0.5) is 0 Å². The molecule has 166 valence electrons. The molecule has 2 aromatic rings. The molecule has 1 N–H and O–H groups in total. The highest BCUT2D eigenvalue weighted by atomic mass is 16.5. The summed E-state index contributed by atoms with van der Waals surface area (Å²) >= 11 is 0. The lowest BCUT2D eigenvalue weighted by Gasteiger charge is -2.35. The lowest BCUT2D eigenvalue weighted by atomic mass is 10.0. The van der Waals surface area contributed by atoms with Gasteiger partial charge in [0.1, 0.15) is 12.4 Å². The Morgan fingerprint density at radius 1 is 1.13 bits per heavy atom. The molecule has 0 aliphatic carbocycles. The quantitative estimate of drug-likeness (QED) is 0.589. The normalized spacial score (nSPS) is 15.0. The van der Waals surface area contributed by atoms with Gasteiger partial charge in [-0.15, -0.1) is 0 Å². The van der Waals surface area contributed by atoms with Gasteiger partial charge in [0.05, 0.1) is 33.5 Å². The molecule has 0 aromatic heterocycles. The minimum atomic E-state index is -0.166. The number of methoxy groups -OCH3 is 2. The van der Waals surface area contributed by atoms with Crippen molar-refractivity contribution in [3.05, 3.63) is 66.2 Å². The Kier molecular flexibility index (Phi) is 8.32. The molecule has 3 rings (SSSR count). The Morgan fingerprint density at radius 3 is 2.52 bits per heavy atom. The van der Waals surface area contributed by atoms with E-state index < -0.39 is 0 Å². The predicted octanol–water partition coefficient (Wildman–Crippen LogP) is 3.07. The van der Waals surface area contributed by atoms with E-state index in [1.54, 1.807) is 38.5 Å². The van der Waals surface area contributed by atoms with Crippen LogP contribution in [-0.4, -0.2) is 64.5 Å². The number of hydrogen-bond donors (Lipinski definition) is 1. The van der Waals surface area contributed by atoms with Gasteiger partial charge in [0.15, 0.2) is 11.5 Å². The van der Waals surface area contributed by atoms with E-state index in [1.165, 1.54) is 0 Å². The van der Waals surface area contributed by atoms with Crippen molar-refractivity contribution >= 4 is 5.91 Å². The van der Waals surface area contributed by atoms with Crippen LogP contribution in [0.1, 0.15) is 22.0 Å². The Balaban J connectivity index is 1.72. The molecule has 7 nitrogen and oxygen atoms in total. The lowest BCUT2D eigenvalue weighted by molar-refractivity contribution is 0.0162.